The number of fused-ring (bicyclic) bond motifs is 3. The van der Waals surface area contributed by atoms with Crippen LogP contribution in [0.25, 0.3) is 16.3 Å². The van der Waals surface area contributed by atoms with E-state index >= 15 is 0 Å². The Morgan fingerprint density at radius 3 is 2.72 bits per heavy atom. The molecule has 3 aromatic carbocycles. The number of carbonyl (C=O) groups is 2. The number of nitrogens with one attached hydrogen (secondary N) is 1. The van der Waals surface area contributed by atoms with E-state index < -0.39 is 23.5 Å². The third-order valence-electron chi connectivity index (χ3n) is 6.87. The molecule has 196 valence electrons. The molecule has 8 nitrogen and oxygen atoms in total. The van der Waals surface area contributed by atoms with E-state index in [1.165, 1.54) is 4.57 Å². The van der Waals surface area contributed by atoms with Gasteiger partial charge in [-0.3, -0.25) is 14.2 Å². The van der Waals surface area contributed by atoms with Crippen molar-refractivity contribution < 1.29 is 19.1 Å². The molecule has 0 spiro atoms. The van der Waals surface area contributed by atoms with Gasteiger partial charge in [0.15, 0.2) is 4.80 Å². The molecule has 1 aromatic heterocycles. The highest BCUT2D eigenvalue weighted by molar-refractivity contribution is 7.07. The van der Waals surface area contributed by atoms with Crippen LogP contribution in [0.5, 0.6) is 5.75 Å². The molecule has 4 aromatic rings. The summed E-state index contributed by atoms with van der Waals surface area (Å²) in [6, 6.07) is 15.5. The van der Waals surface area contributed by atoms with Crippen molar-refractivity contribution >= 4 is 56.8 Å². The summed E-state index contributed by atoms with van der Waals surface area (Å²) in [6.07, 6.45) is 0. The number of nitrogens with zero attached hydrogens (tertiary/aromatic N) is 2. The van der Waals surface area contributed by atoms with Crippen molar-refractivity contribution in [1.82, 2.24) is 4.57 Å². The quantitative estimate of drug-likeness (QED) is 0.382. The van der Waals surface area contributed by atoms with E-state index in [0.29, 0.717) is 38.1 Å². The Morgan fingerprint density at radius 1 is 1.15 bits per heavy atom. The van der Waals surface area contributed by atoms with Gasteiger partial charge in [0.05, 0.1) is 30.6 Å². The van der Waals surface area contributed by atoms with Crippen molar-refractivity contribution in [2.24, 2.45) is 4.99 Å². The molecule has 39 heavy (non-hydrogen) atoms. The zero-order valence-corrected chi connectivity index (χ0v) is 22.8. The molecule has 2 aliphatic rings. The normalized spacial score (nSPS) is 17.4. The average molecular weight is 560 g/mol. The van der Waals surface area contributed by atoms with Crippen LogP contribution in [0.15, 0.2) is 75.7 Å². The van der Waals surface area contributed by atoms with Crippen molar-refractivity contribution in [3.05, 3.63) is 102 Å². The number of hydrogen-bond acceptors (Lipinski definition) is 7. The van der Waals surface area contributed by atoms with Crippen LogP contribution >= 0.6 is 22.9 Å². The van der Waals surface area contributed by atoms with Crippen LogP contribution < -0.4 is 24.9 Å². The number of hydrogen-bond donors (Lipinski definition) is 1. The van der Waals surface area contributed by atoms with Gasteiger partial charge in [0.2, 0.25) is 0 Å². The number of rotatable bonds is 4. The van der Waals surface area contributed by atoms with Gasteiger partial charge in [-0.2, -0.15) is 0 Å². The van der Waals surface area contributed by atoms with Gasteiger partial charge in [-0.15, -0.1) is 0 Å². The lowest BCUT2D eigenvalue weighted by molar-refractivity contribution is -0.139. The van der Waals surface area contributed by atoms with Gasteiger partial charge in [-0.05, 0) is 48.9 Å². The lowest BCUT2D eigenvalue weighted by atomic mass is 9.90. The molecule has 0 saturated carbocycles. The first-order valence-corrected chi connectivity index (χ1v) is 13.4. The summed E-state index contributed by atoms with van der Waals surface area (Å²) in [5.41, 5.74) is 2.16. The van der Waals surface area contributed by atoms with Gasteiger partial charge < -0.3 is 14.8 Å². The Morgan fingerprint density at radius 2 is 1.95 bits per heavy atom. The number of carbonyl (C=O) groups excluding carboxylic acids is 2. The van der Waals surface area contributed by atoms with E-state index in [9.17, 15) is 14.4 Å². The number of ether oxygens (including phenoxy) is 2. The molecule has 0 unspecified atom stereocenters. The number of amides is 1. The Kier molecular flexibility index (Phi) is 6.12. The number of methoxy groups -OCH3 is 1. The second-order valence-electron chi connectivity index (χ2n) is 9.04. The van der Waals surface area contributed by atoms with E-state index in [1.54, 1.807) is 39.2 Å². The maximum atomic E-state index is 14.3. The highest BCUT2D eigenvalue weighted by atomic mass is 35.5. The minimum Gasteiger partial charge on any atom is -0.496 e. The third kappa shape index (κ3) is 3.88. The van der Waals surface area contributed by atoms with Crippen LogP contribution in [0, 0.1) is 0 Å². The first-order chi connectivity index (χ1) is 18.8. The summed E-state index contributed by atoms with van der Waals surface area (Å²) < 4.78 is 12.9. The Labute approximate surface area is 231 Å². The molecule has 1 atom stereocenters. The standard InChI is InChI=1S/C29H22ClN3O5S/c1-4-38-28(36)21-14(2)31-29-33(24(21)22-17-8-6-5-7-15(17)9-12-20(22)37-3)27(35)25(39-29)23-18-13-16(30)10-11-19(18)32-26(23)34/h5-13,24H,4H2,1-3H3,(H,32,34)/b25-23-/t24-/m0/s1. The first-order valence-electron chi connectivity index (χ1n) is 12.2. The highest BCUT2D eigenvalue weighted by Crippen LogP contribution is 2.40. The summed E-state index contributed by atoms with van der Waals surface area (Å²) >= 11 is 7.33. The fourth-order valence-electron chi connectivity index (χ4n) is 5.22. The fraction of sp³-hybridized carbons (Fsp3) is 0.172. The zero-order chi connectivity index (χ0) is 27.4. The van der Waals surface area contributed by atoms with Gasteiger partial charge >= 0.3 is 5.97 Å². The zero-order valence-electron chi connectivity index (χ0n) is 21.2. The summed E-state index contributed by atoms with van der Waals surface area (Å²) in [5.74, 6) is -0.477. The van der Waals surface area contributed by atoms with E-state index in [2.05, 4.69) is 10.3 Å². The minimum atomic E-state index is -0.904. The number of esters is 1. The number of allylic oxidation sites excluding steroid dienone is 1. The lowest BCUT2D eigenvalue weighted by Gasteiger charge is -2.27. The topological polar surface area (TPSA) is 99.0 Å². The van der Waals surface area contributed by atoms with Crippen LogP contribution in [0.2, 0.25) is 5.02 Å². The average Bonchev–Trinajstić information content (AvgIpc) is 3.41. The van der Waals surface area contributed by atoms with E-state index in [0.717, 1.165) is 22.1 Å². The predicted molar refractivity (Wildman–Crippen MR) is 150 cm³/mol. The first kappa shape index (κ1) is 25.1. The molecule has 1 N–H and O–H groups in total. The van der Waals surface area contributed by atoms with Gasteiger partial charge in [0, 0.05) is 21.8 Å². The number of benzene rings is 3. The Hall–Kier alpha value is -4.21. The SMILES string of the molecule is CCOC(=O)C1=C(C)N=c2s/c(=C3\C(=O)Nc4ccc(Cl)cc43)c(=O)n2[C@@H]1c1c(OC)ccc2ccccc12. The number of aromatic nitrogens is 1. The molecule has 1 amide bonds. The molecule has 0 radical (unpaired) electrons. The Balaban J connectivity index is 1.73. The fourth-order valence-corrected chi connectivity index (χ4v) is 6.53. The van der Waals surface area contributed by atoms with Crippen LogP contribution in [0.3, 0.4) is 0 Å². The molecule has 6 rings (SSSR count). The summed E-state index contributed by atoms with van der Waals surface area (Å²) in [7, 11) is 1.55. The lowest BCUT2D eigenvalue weighted by Crippen LogP contribution is -2.40. The van der Waals surface area contributed by atoms with Crippen LogP contribution in [0.1, 0.15) is 31.0 Å². The van der Waals surface area contributed by atoms with Crippen molar-refractivity contribution in [3.63, 3.8) is 0 Å². The molecule has 0 fully saturated rings. The summed E-state index contributed by atoms with van der Waals surface area (Å²) in [6.45, 7) is 3.59. The van der Waals surface area contributed by atoms with Crippen molar-refractivity contribution in [3.8, 4) is 5.75 Å². The van der Waals surface area contributed by atoms with Gasteiger partial charge in [-0.25, -0.2) is 9.79 Å². The van der Waals surface area contributed by atoms with Gasteiger partial charge in [0.25, 0.3) is 11.5 Å². The minimum absolute atomic E-state index is 0.154. The monoisotopic (exact) mass is 559 g/mol. The summed E-state index contributed by atoms with van der Waals surface area (Å²) in [4.78, 5) is 45.7. The molecular weight excluding hydrogens is 538 g/mol. The van der Waals surface area contributed by atoms with Crippen molar-refractivity contribution in [2.45, 2.75) is 19.9 Å². The second kappa shape index (κ2) is 9.52. The van der Waals surface area contributed by atoms with E-state index in [-0.39, 0.29) is 22.3 Å². The van der Waals surface area contributed by atoms with E-state index in [4.69, 9.17) is 21.1 Å². The number of anilines is 1. The van der Waals surface area contributed by atoms with Crippen molar-refractivity contribution in [1.29, 1.82) is 0 Å². The smallest absolute Gasteiger partial charge is 0.338 e. The van der Waals surface area contributed by atoms with E-state index in [1.807, 2.05) is 36.4 Å². The molecule has 3 heterocycles. The maximum Gasteiger partial charge on any atom is 0.338 e. The molecule has 2 aliphatic heterocycles. The molecule has 0 aliphatic carbocycles. The van der Waals surface area contributed by atoms with Crippen LogP contribution in [-0.4, -0.2) is 30.2 Å². The van der Waals surface area contributed by atoms with Gasteiger partial charge in [-0.1, -0.05) is 53.3 Å². The maximum absolute atomic E-state index is 14.3. The van der Waals surface area contributed by atoms with Crippen LogP contribution in [0.4, 0.5) is 5.69 Å². The second-order valence-corrected chi connectivity index (χ2v) is 10.5. The predicted octanol–water partition coefficient (Wildman–Crippen LogP) is 3.94. The summed E-state index contributed by atoms with van der Waals surface area (Å²) in [5, 5.41) is 4.97. The van der Waals surface area contributed by atoms with Crippen LogP contribution in [-0.2, 0) is 14.3 Å². The Bertz CT molecular complexity index is 1940. The molecule has 0 saturated heterocycles. The highest BCUT2D eigenvalue weighted by Gasteiger charge is 2.37. The molecule has 10 heteroatoms. The number of halogens is 1. The number of thiazole rings is 1. The van der Waals surface area contributed by atoms with Crippen molar-refractivity contribution in [2.75, 3.05) is 19.0 Å². The molecule has 0 bridgehead atoms. The molecular formula is C29H22ClN3O5S. The third-order valence-corrected chi connectivity index (χ3v) is 8.16. The van der Waals surface area contributed by atoms with Gasteiger partial charge in [0.1, 0.15) is 16.3 Å². The largest absolute Gasteiger partial charge is 0.496 e.